The Balaban J connectivity index is 1.98. The lowest BCUT2D eigenvalue weighted by Gasteiger charge is -2.04. The Bertz CT molecular complexity index is 69.3. The fourth-order valence-electron chi connectivity index (χ4n) is 1.25. The van der Waals surface area contributed by atoms with Crippen LogP contribution in [0.4, 0.5) is 0 Å². The van der Waals surface area contributed by atoms with Gasteiger partial charge in [-0.15, -0.1) is 0 Å². The van der Waals surface area contributed by atoms with Gasteiger partial charge in [0.05, 0.1) is 0 Å². The topological polar surface area (TPSA) is 12.0 Å². The monoisotopic (exact) mass is 145 g/mol. The molecule has 0 aromatic carbocycles. The first-order chi connectivity index (χ1) is 4.43. The van der Waals surface area contributed by atoms with Gasteiger partial charge in [0.1, 0.15) is 0 Å². The highest BCUT2D eigenvalue weighted by atomic mass is 32.2. The van der Waals surface area contributed by atoms with Crippen LogP contribution in [-0.4, -0.2) is 25.1 Å². The zero-order valence-corrected chi connectivity index (χ0v) is 6.84. The Morgan fingerprint density at radius 3 is 3.11 bits per heavy atom. The molecule has 0 aliphatic carbocycles. The molecular formula is C7H15NS. The molecule has 1 N–H and O–H groups in total. The minimum atomic E-state index is 0.984. The number of hydrogen-bond acceptors (Lipinski definition) is 2. The first-order valence-electron chi connectivity index (χ1n) is 3.63. The van der Waals surface area contributed by atoms with E-state index in [9.17, 15) is 0 Å². The van der Waals surface area contributed by atoms with Crippen molar-refractivity contribution in [2.75, 3.05) is 25.1 Å². The molecular weight excluding hydrogens is 130 g/mol. The van der Waals surface area contributed by atoms with E-state index >= 15 is 0 Å². The molecule has 2 heteroatoms. The van der Waals surface area contributed by atoms with Crippen LogP contribution in [0.1, 0.15) is 12.8 Å². The number of hydrogen-bond donors (Lipinski definition) is 1. The highest BCUT2D eigenvalue weighted by Gasteiger charge is 2.12. The first kappa shape index (κ1) is 7.42. The van der Waals surface area contributed by atoms with Crippen LogP contribution in [-0.2, 0) is 0 Å². The van der Waals surface area contributed by atoms with Crippen molar-refractivity contribution in [2.24, 2.45) is 5.92 Å². The van der Waals surface area contributed by atoms with Crippen molar-refractivity contribution in [3.63, 3.8) is 0 Å². The summed E-state index contributed by atoms with van der Waals surface area (Å²) in [6, 6.07) is 0. The zero-order chi connectivity index (χ0) is 6.53. The summed E-state index contributed by atoms with van der Waals surface area (Å²) in [6.07, 6.45) is 5.00. The van der Waals surface area contributed by atoms with Crippen LogP contribution in [0.25, 0.3) is 0 Å². The van der Waals surface area contributed by atoms with Gasteiger partial charge in [-0.2, -0.15) is 11.8 Å². The van der Waals surface area contributed by atoms with Crippen molar-refractivity contribution in [1.82, 2.24) is 5.32 Å². The molecule has 0 aromatic heterocycles. The summed E-state index contributed by atoms with van der Waals surface area (Å²) in [7, 11) is 0. The second kappa shape index (κ2) is 4.18. The Hall–Kier alpha value is 0.310. The Kier molecular flexibility index (Phi) is 3.44. The zero-order valence-electron chi connectivity index (χ0n) is 6.02. The molecule has 0 spiro atoms. The van der Waals surface area contributed by atoms with Crippen LogP contribution in [0.15, 0.2) is 0 Å². The largest absolute Gasteiger partial charge is 0.316 e. The fraction of sp³-hybridized carbons (Fsp3) is 1.00. The molecule has 0 unspecified atom stereocenters. The van der Waals surface area contributed by atoms with Crippen molar-refractivity contribution in [3.8, 4) is 0 Å². The van der Waals surface area contributed by atoms with E-state index in [1.165, 1.54) is 31.7 Å². The predicted molar refractivity (Wildman–Crippen MR) is 44.0 cm³/mol. The minimum absolute atomic E-state index is 0.984. The summed E-state index contributed by atoms with van der Waals surface area (Å²) < 4.78 is 0. The molecule has 1 heterocycles. The Morgan fingerprint density at radius 1 is 1.67 bits per heavy atom. The van der Waals surface area contributed by atoms with E-state index in [4.69, 9.17) is 0 Å². The molecule has 0 radical (unpaired) electrons. The quantitative estimate of drug-likeness (QED) is 0.643. The van der Waals surface area contributed by atoms with Gasteiger partial charge in [-0.25, -0.2) is 0 Å². The molecule has 54 valence electrons. The summed E-state index contributed by atoms with van der Waals surface area (Å²) in [5.74, 6) is 2.32. The lowest BCUT2D eigenvalue weighted by molar-refractivity contribution is 0.568. The summed E-state index contributed by atoms with van der Waals surface area (Å²) in [4.78, 5) is 0. The van der Waals surface area contributed by atoms with Gasteiger partial charge in [0, 0.05) is 0 Å². The molecule has 1 saturated heterocycles. The first-order valence-corrected chi connectivity index (χ1v) is 5.02. The molecule has 0 aromatic rings. The molecule has 0 bridgehead atoms. The summed E-state index contributed by atoms with van der Waals surface area (Å²) in [6.45, 7) is 2.51. The third kappa shape index (κ3) is 2.59. The lowest BCUT2D eigenvalue weighted by atomic mass is 10.1. The molecule has 0 saturated carbocycles. The average Bonchev–Trinajstić information content (AvgIpc) is 2.34. The second-order valence-electron chi connectivity index (χ2n) is 2.64. The van der Waals surface area contributed by atoms with E-state index < -0.39 is 0 Å². The standard InChI is InChI=1S/C7H15NS/c1-9-5-3-7-2-4-8-6-7/h7-8H,2-6H2,1H3/t7-/m1/s1. The third-order valence-electron chi connectivity index (χ3n) is 1.89. The summed E-state index contributed by atoms with van der Waals surface area (Å²) >= 11 is 1.96. The van der Waals surface area contributed by atoms with Gasteiger partial charge in [-0.3, -0.25) is 0 Å². The smallest absolute Gasteiger partial charge is 0.00197 e. The van der Waals surface area contributed by atoms with E-state index in [0.717, 1.165) is 5.92 Å². The van der Waals surface area contributed by atoms with Crippen molar-refractivity contribution in [3.05, 3.63) is 0 Å². The average molecular weight is 145 g/mol. The van der Waals surface area contributed by atoms with Crippen molar-refractivity contribution in [2.45, 2.75) is 12.8 Å². The minimum Gasteiger partial charge on any atom is -0.316 e. The highest BCUT2D eigenvalue weighted by molar-refractivity contribution is 7.98. The number of rotatable bonds is 3. The van der Waals surface area contributed by atoms with Crippen LogP contribution < -0.4 is 5.32 Å². The molecule has 1 atom stereocenters. The maximum Gasteiger partial charge on any atom is -0.00197 e. The number of nitrogens with one attached hydrogen (secondary N) is 1. The third-order valence-corrected chi connectivity index (χ3v) is 2.54. The van der Waals surface area contributed by atoms with E-state index in [1.54, 1.807) is 0 Å². The van der Waals surface area contributed by atoms with Crippen LogP contribution in [0.3, 0.4) is 0 Å². The Labute approximate surface area is 61.6 Å². The highest BCUT2D eigenvalue weighted by Crippen LogP contribution is 2.13. The van der Waals surface area contributed by atoms with Gasteiger partial charge < -0.3 is 5.32 Å². The van der Waals surface area contributed by atoms with Gasteiger partial charge >= 0.3 is 0 Å². The van der Waals surface area contributed by atoms with Crippen LogP contribution >= 0.6 is 11.8 Å². The van der Waals surface area contributed by atoms with Crippen LogP contribution in [0.2, 0.25) is 0 Å². The van der Waals surface area contributed by atoms with Gasteiger partial charge in [-0.1, -0.05) is 0 Å². The molecule has 1 fully saturated rings. The maximum atomic E-state index is 3.37. The van der Waals surface area contributed by atoms with E-state index in [-0.39, 0.29) is 0 Å². The van der Waals surface area contributed by atoms with Gasteiger partial charge in [0.2, 0.25) is 0 Å². The van der Waals surface area contributed by atoms with Crippen molar-refractivity contribution >= 4 is 11.8 Å². The molecule has 9 heavy (non-hydrogen) atoms. The molecule has 1 rings (SSSR count). The number of thioether (sulfide) groups is 1. The summed E-state index contributed by atoms with van der Waals surface area (Å²) in [5, 5.41) is 3.37. The normalized spacial score (nSPS) is 27.0. The Morgan fingerprint density at radius 2 is 2.56 bits per heavy atom. The van der Waals surface area contributed by atoms with Crippen molar-refractivity contribution in [1.29, 1.82) is 0 Å². The van der Waals surface area contributed by atoms with E-state index in [0.29, 0.717) is 0 Å². The maximum absolute atomic E-state index is 3.37. The molecule has 1 aliphatic rings. The molecule has 1 aliphatic heterocycles. The van der Waals surface area contributed by atoms with E-state index in [1.807, 2.05) is 11.8 Å². The molecule has 0 amide bonds. The van der Waals surface area contributed by atoms with Gasteiger partial charge in [-0.05, 0) is 43.9 Å². The van der Waals surface area contributed by atoms with Crippen LogP contribution in [0, 0.1) is 5.92 Å². The SMILES string of the molecule is CSCC[C@H]1CCNC1. The second-order valence-corrected chi connectivity index (χ2v) is 3.63. The van der Waals surface area contributed by atoms with Crippen LogP contribution in [0.5, 0.6) is 0 Å². The lowest BCUT2D eigenvalue weighted by Crippen LogP contribution is -2.09. The fourth-order valence-corrected chi connectivity index (χ4v) is 1.81. The van der Waals surface area contributed by atoms with Gasteiger partial charge in [0.15, 0.2) is 0 Å². The molecule has 1 nitrogen and oxygen atoms in total. The van der Waals surface area contributed by atoms with Gasteiger partial charge in [0.25, 0.3) is 0 Å². The summed E-state index contributed by atoms with van der Waals surface area (Å²) in [5.41, 5.74) is 0. The van der Waals surface area contributed by atoms with E-state index in [2.05, 4.69) is 11.6 Å². The van der Waals surface area contributed by atoms with Crippen molar-refractivity contribution < 1.29 is 0 Å². The predicted octanol–water partition coefficient (Wildman–Crippen LogP) is 1.35.